The highest BCUT2D eigenvalue weighted by Gasteiger charge is 2.32. The summed E-state index contributed by atoms with van der Waals surface area (Å²) in [5.41, 5.74) is 3.48. The number of aryl methyl sites for hydroxylation is 2. The largest absolute Gasteiger partial charge is 0.483 e. The van der Waals surface area contributed by atoms with E-state index >= 15 is 0 Å². The first-order valence-corrected chi connectivity index (χ1v) is 12.9. The van der Waals surface area contributed by atoms with E-state index in [1.165, 1.54) is 0 Å². The molecule has 3 rings (SSSR count). The van der Waals surface area contributed by atoms with Gasteiger partial charge in [0.2, 0.25) is 5.91 Å². The fraction of sp³-hybridized carbons (Fsp3) is 0.333. The number of halogens is 1. The van der Waals surface area contributed by atoms with Gasteiger partial charge in [0.15, 0.2) is 6.61 Å². The molecule has 36 heavy (non-hydrogen) atoms. The monoisotopic (exact) mass is 550 g/mol. The Morgan fingerprint density at radius 2 is 1.64 bits per heavy atom. The third-order valence-corrected chi connectivity index (χ3v) is 6.20. The molecule has 0 aliphatic rings. The van der Waals surface area contributed by atoms with E-state index in [2.05, 4.69) is 21.2 Å². The van der Waals surface area contributed by atoms with E-state index < -0.39 is 11.6 Å². The van der Waals surface area contributed by atoms with Gasteiger partial charge in [-0.1, -0.05) is 70.5 Å². The van der Waals surface area contributed by atoms with Crippen molar-refractivity contribution >= 4 is 27.7 Å². The summed E-state index contributed by atoms with van der Waals surface area (Å²) in [6.45, 7) is 9.88. The van der Waals surface area contributed by atoms with Gasteiger partial charge in [-0.25, -0.2) is 0 Å². The van der Waals surface area contributed by atoms with Crippen LogP contribution in [0.25, 0.3) is 0 Å². The van der Waals surface area contributed by atoms with E-state index in [1.807, 2.05) is 107 Å². The number of hydrogen-bond donors (Lipinski definition) is 1. The third-order valence-electron chi connectivity index (χ3n) is 5.71. The van der Waals surface area contributed by atoms with Crippen molar-refractivity contribution in [1.29, 1.82) is 0 Å². The van der Waals surface area contributed by atoms with E-state index in [-0.39, 0.29) is 25.0 Å². The molecule has 0 unspecified atom stereocenters. The second-order valence-corrected chi connectivity index (χ2v) is 11.1. The molecule has 0 bridgehead atoms. The molecule has 2 amide bonds. The fourth-order valence-electron chi connectivity index (χ4n) is 3.92. The normalized spacial score (nSPS) is 12.1. The van der Waals surface area contributed by atoms with Crippen molar-refractivity contribution in [3.05, 3.63) is 99.5 Å². The van der Waals surface area contributed by atoms with Crippen LogP contribution in [0.15, 0.2) is 77.3 Å². The molecule has 5 nitrogen and oxygen atoms in total. The molecule has 1 atom stereocenters. The molecule has 3 aromatic rings. The Hall–Kier alpha value is -3.12. The van der Waals surface area contributed by atoms with Crippen LogP contribution in [0.5, 0.6) is 5.75 Å². The number of carbonyl (C=O) groups excluding carboxylic acids is 2. The quantitative estimate of drug-likeness (QED) is 0.355. The Morgan fingerprint density at radius 3 is 2.31 bits per heavy atom. The van der Waals surface area contributed by atoms with Crippen molar-refractivity contribution in [2.45, 2.75) is 59.2 Å². The first kappa shape index (κ1) is 27.5. The summed E-state index contributed by atoms with van der Waals surface area (Å²) in [4.78, 5) is 28.9. The fourth-order valence-corrected chi connectivity index (χ4v) is 4.37. The van der Waals surface area contributed by atoms with Crippen molar-refractivity contribution in [2.24, 2.45) is 0 Å². The number of benzene rings is 3. The molecule has 190 valence electrons. The van der Waals surface area contributed by atoms with Crippen LogP contribution in [0.1, 0.15) is 43.0 Å². The van der Waals surface area contributed by atoms with E-state index in [1.54, 1.807) is 4.90 Å². The van der Waals surface area contributed by atoms with Crippen LogP contribution in [-0.2, 0) is 22.6 Å². The average Bonchev–Trinajstić information content (AvgIpc) is 2.81. The maximum Gasteiger partial charge on any atom is 0.261 e. The summed E-state index contributed by atoms with van der Waals surface area (Å²) < 4.78 is 6.89. The molecule has 3 aromatic carbocycles. The van der Waals surface area contributed by atoms with E-state index in [0.717, 1.165) is 26.7 Å². The SMILES string of the molecule is Cc1ccc(C)c(OCC(=O)N(Cc2cccc(Br)c2)[C@H](Cc2ccccc2)C(=O)NC(C)(C)C)c1. The van der Waals surface area contributed by atoms with Gasteiger partial charge in [0.1, 0.15) is 11.8 Å². The molecular formula is C30H35BrN2O3. The highest BCUT2D eigenvalue weighted by atomic mass is 79.9. The van der Waals surface area contributed by atoms with Gasteiger partial charge in [-0.15, -0.1) is 0 Å². The van der Waals surface area contributed by atoms with E-state index in [9.17, 15) is 9.59 Å². The average molecular weight is 552 g/mol. The Balaban J connectivity index is 1.95. The minimum Gasteiger partial charge on any atom is -0.483 e. The number of rotatable bonds is 9. The van der Waals surface area contributed by atoms with Crippen LogP contribution < -0.4 is 10.1 Å². The van der Waals surface area contributed by atoms with Crippen molar-refractivity contribution in [3.8, 4) is 5.75 Å². The van der Waals surface area contributed by atoms with Gasteiger partial charge >= 0.3 is 0 Å². The molecule has 6 heteroatoms. The molecule has 0 aliphatic heterocycles. The summed E-state index contributed by atoms with van der Waals surface area (Å²) in [5, 5.41) is 3.08. The number of nitrogens with one attached hydrogen (secondary N) is 1. The Morgan fingerprint density at radius 1 is 0.944 bits per heavy atom. The minimum atomic E-state index is -0.708. The van der Waals surface area contributed by atoms with Gasteiger partial charge in [-0.3, -0.25) is 9.59 Å². The molecule has 0 fully saturated rings. The Kier molecular flexibility index (Phi) is 9.32. The number of amides is 2. The Bertz CT molecular complexity index is 1190. The summed E-state index contributed by atoms with van der Waals surface area (Å²) in [5.74, 6) is 0.229. The van der Waals surface area contributed by atoms with Gasteiger partial charge in [-0.2, -0.15) is 0 Å². The third kappa shape index (κ3) is 8.23. The van der Waals surface area contributed by atoms with Crippen LogP contribution >= 0.6 is 15.9 Å². The zero-order valence-electron chi connectivity index (χ0n) is 21.7. The second-order valence-electron chi connectivity index (χ2n) is 10.2. The van der Waals surface area contributed by atoms with Crippen LogP contribution in [0, 0.1) is 13.8 Å². The number of ether oxygens (including phenoxy) is 1. The first-order chi connectivity index (χ1) is 17.0. The number of nitrogens with zero attached hydrogens (tertiary/aromatic N) is 1. The lowest BCUT2D eigenvalue weighted by Gasteiger charge is -2.34. The summed E-state index contributed by atoms with van der Waals surface area (Å²) >= 11 is 3.52. The summed E-state index contributed by atoms with van der Waals surface area (Å²) in [6, 6.07) is 22.8. The van der Waals surface area contributed by atoms with Crippen LogP contribution in [0.3, 0.4) is 0 Å². The van der Waals surface area contributed by atoms with Crippen molar-refractivity contribution in [2.75, 3.05) is 6.61 Å². The zero-order chi connectivity index (χ0) is 26.3. The summed E-state index contributed by atoms with van der Waals surface area (Å²) in [6.07, 6.45) is 0.395. The molecule has 0 radical (unpaired) electrons. The molecule has 0 aliphatic carbocycles. The highest BCUT2D eigenvalue weighted by molar-refractivity contribution is 9.10. The molecule has 0 saturated carbocycles. The van der Waals surface area contributed by atoms with Crippen LogP contribution in [-0.4, -0.2) is 34.9 Å². The smallest absolute Gasteiger partial charge is 0.261 e. The minimum absolute atomic E-state index is 0.160. The second kappa shape index (κ2) is 12.2. The lowest BCUT2D eigenvalue weighted by atomic mass is 10.0. The lowest BCUT2D eigenvalue weighted by Crippen LogP contribution is -2.55. The van der Waals surface area contributed by atoms with Gasteiger partial charge in [0, 0.05) is 23.0 Å². The predicted octanol–water partition coefficient (Wildman–Crippen LogP) is 6.00. The van der Waals surface area contributed by atoms with E-state index in [0.29, 0.717) is 12.2 Å². The van der Waals surface area contributed by atoms with Gasteiger partial charge < -0.3 is 15.0 Å². The molecule has 1 N–H and O–H groups in total. The molecule has 0 spiro atoms. The predicted molar refractivity (Wildman–Crippen MR) is 148 cm³/mol. The van der Waals surface area contributed by atoms with Crippen molar-refractivity contribution < 1.29 is 14.3 Å². The van der Waals surface area contributed by atoms with Crippen molar-refractivity contribution in [3.63, 3.8) is 0 Å². The van der Waals surface area contributed by atoms with Gasteiger partial charge in [0.25, 0.3) is 5.91 Å². The van der Waals surface area contributed by atoms with Gasteiger partial charge in [-0.05, 0) is 75.1 Å². The topological polar surface area (TPSA) is 58.6 Å². The summed E-state index contributed by atoms with van der Waals surface area (Å²) in [7, 11) is 0. The number of hydrogen-bond acceptors (Lipinski definition) is 3. The standard InChI is InChI=1S/C30H35BrN2O3/c1-21-14-15-22(2)27(16-21)36-20-28(34)33(19-24-12-9-13-25(31)17-24)26(29(35)32-30(3,4)5)18-23-10-7-6-8-11-23/h6-17,26H,18-20H2,1-5H3,(H,32,35)/t26-/m1/s1. The first-order valence-electron chi connectivity index (χ1n) is 12.1. The highest BCUT2D eigenvalue weighted by Crippen LogP contribution is 2.21. The molecule has 0 saturated heterocycles. The zero-order valence-corrected chi connectivity index (χ0v) is 23.3. The van der Waals surface area contributed by atoms with Crippen molar-refractivity contribution in [1.82, 2.24) is 10.2 Å². The maximum atomic E-state index is 13.7. The lowest BCUT2D eigenvalue weighted by molar-refractivity contribution is -0.143. The maximum absolute atomic E-state index is 13.7. The molecule has 0 aromatic heterocycles. The Labute approximate surface area is 223 Å². The number of carbonyl (C=O) groups is 2. The van der Waals surface area contributed by atoms with E-state index in [4.69, 9.17) is 4.74 Å². The van der Waals surface area contributed by atoms with Crippen LogP contribution in [0.4, 0.5) is 0 Å². The van der Waals surface area contributed by atoms with Crippen LogP contribution in [0.2, 0.25) is 0 Å². The molecule has 0 heterocycles. The van der Waals surface area contributed by atoms with Gasteiger partial charge in [0.05, 0.1) is 0 Å². The molecular weight excluding hydrogens is 516 g/mol.